The Morgan fingerprint density at radius 2 is 2.22 bits per heavy atom. The van der Waals surface area contributed by atoms with Crippen LogP contribution < -0.4 is 5.73 Å². The predicted octanol–water partition coefficient (Wildman–Crippen LogP) is 2.73. The number of nitrogens with zero attached hydrogens (tertiary/aromatic N) is 2. The second-order valence-corrected chi connectivity index (χ2v) is 5.28. The third-order valence-corrected chi connectivity index (χ3v) is 4.27. The second kappa shape index (κ2) is 4.55. The van der Waals surface area contributed by atoms with Gasteiger partial charge in [0.1, 0.15) is 5.82 Å². The number of hydrogen-bond donors (Lipinski definition) is 1. The zero-order chi connectivity index (χ0) is 12.5. The van der Waals surface area contributed by atoms with Gasteiger partial charge >= 0.3 is 0 Å². The van der Waals surface area contributed by atoms with Gasteiger partial charge in [0.05, 0.1) is 5.92 Å². The predicted molar refractivity (Wildman–Crippen MR) is 75.9 cm³/mol. The minimum Gasteiger partial charge on any atom is -0.337 e. The molecule has 2 N–H and O–H groups in total. The van der Waals surface area contributed by atoms with Crippen LogP contribution in [0.4, 0.5) is 0 Å². The largest absolute Gasteiger partial charge is 0.337 e. The lowest BCUT2D eigenvalue weighted by Gasteiger charge is -2.14. The highest BCUT2D eigenvalue weighted by molar-refractivity contribution is 7.17. The Labute approximate surface area is 110 Å². The zero-order valence-electron chi connectivity index (χ0n) is 10.2. The standard InChI is InChI=1S/C14H15N3S/c1-17-7-6-16-14(17)11(8-15)12-9-18-13-5-3-2-4-10(12)13/h2-7,9,11H,8,15H2,1H3. The smallest absolute Gasteiger partial charge is 0.117 e. The van der Waals surface area contributed by atoms with Gasteiger partial charge in [0.2, 0.25) is 0 Å². The van der Waals surface area contributed by atoms with Crippen LogP contribution in [0.15, 0.2) is 42.0 Å². The summed E-state index contributed by atoms with van der Waals surface area (Å²) in [6.07, 6.45) is 3.79. The van der Waals surface area contributed by atoms with Gasteiger partial charge in [-0.25, -0.2) is 4.98 Å². The molecule has 4 heteroatoms. The van der Waals surface area contributed by atoms with E-state index in [1.807, 2.05) is 24.0 Å². The molecule has 0 saturated carbocycles. The second-order valence-electron chi connectivity index (χ2n) is 4.37. The average Bonchev–Trinajstić information content (AvgIpc) is 2.99. The van der Waals surface area contributed by atoms with Crippen LogP contribution in [-0.4, -0.2) is 16.1 Å². The van der Waals surface area contributed by atoms with E-state index < -0.39 is 0 Å². The van der Waals surface area contributed by atoms with Crippen molar-refractivity contribution in [1.82, 2.24) is 9.55 Å². The molecule has 1 atom stereocenters. The normalized spacial score (nSPS) is 13.0. The van der Waals surface area contributed by atoms with Crippen LogP contribution in [0, 0.1) is 0 Å². The Hall–Kier alpha value is -1.65. The van der Waals surface area contributed by atoms with Gasteiger partial charge in [-0.05, 0) is 22.4 Å². The Bertz CT molecular complexity index is 668. The molecule has 3 aromatic rings. The van der Waals surface area contributed by atoms with Crippen LogP contribution in [0.3, 0.4) is 0 Å². The quantitative estimate of drug-likeness (QED) is 0.784. The van der Waals surface area contributed by atoms with Crippen LogP contribution in [0.2, 0.25) is 0 Å². The number of aromatic nitrogens is 2. The van der Waals surface area contributed by atoms with Gasteiger partial charge in [0, 0.05) is 30.7 Å². The van der Waals surface area contributed by atoms with E-state index in [4.69, 9.17) is 5.73 Å². The summed E-state index contributed by atoms with van der Waals surface area (Å²) in [7, 11) is 2.01. The molecule has 0 aliphatic carbocycles. The fourth-order valence-corrected chi connectivity index (χ4v) is 3.37. The summed E-state index contributed by atoms with van der Waals surface area (Å²) in [6, 6.07) is 8.45. The third kappa shape index (κ3) is 1.74. The number of fused-ring (bicyclic) bond motifs is 1. The molecule has 0 amide bonds. The first-order valence-electron chi connectivity index (χ1n) is 5.94. The average molecular weight is 257 g/mol. The van der Waals surface area contributed by atoms with Crippen LogP contribution in [0.5, 0.6) is 0 Å². The number of thiophene rings is 1. The Balaban J connectivity index is 2.15. The van der Waals surface area contributed by atoms with Gasteiger partial charge in [0.15, 0.2) is 0 Å². The SMILES string of the molecule is Cn1ccnc1C(CN)c1csc2ccccc12. The van der Waals surface area contributed by atoms with E-state index in [2.05, 4.69) is 34.6 Å². The fourth-order valence-electron chi connectivity index (χ4n) is 2.35. The van der Waals surface area contributed by atoms with Crippen molar-refractivity contribution >= 4 is 21.4 Å². The molecule has 92 valence electrons. The molecule has 1 aromatic carbocycles. The van der Waals surface area contributed by atoms with Crippen molar-refractivity contribution in [2.75, 3.05) is 6.54 Å². The van der Waals surface area contributed by atoms with E-state index in [9.17, 15) is 0 Å². The summed E-state index contributed by atoms with van der Waals surface area (Å²) in [5.74, 6) is 1.20. The first-order chi connectivity index (χ1) is 8.81. The maximum absolute atomic E-state index is 5.97. The molecule has 0 bridgehead atoms. The topological polar surface area (TPSA) is 43.8 Å². The molecule has 0 saturated heterocycles. The molecule has 3 nitrogen and oxygen atoms in total. The van der Waals surface area contributed by atoms with Crippen molar-refractivity contribution in [3.63, 3.8) is 0 Å². The van der Waals surface area contributed by atoms with E-state index in [0.717, 1.165) is 5.82 Å². The van der Waals surface area contributed by atoms with E-state index in [1.165, 1.54) is 15.6 Å². The summed E-state index contributed by atoms with van der Waals surface area (Å²) in [4.78, 5) is 4.44. The van der Waals surface area contributed by atoms with Crippen LogP contribution in [0.25, 0.3) is 10.1 Å². The summed E-state index contributed by atoms with van der Waals surface area (Å²) < 4.78 is 3.35. The number of hydrogen-bond acceptors (Lipinski definition) is 3. The van der Waals surface area contributed by atoms with E-state index in [-0.39, 0.29) is 5.92 Å². The maximum atomic E-state index is 5.97. The lowest BCUT2D eigenvalue weighted by atomic mass is 9.98. The van der Waals surface area contributed by atoms with E-state index in [0.29, 0.717) is 6.54 Å². The van der Waals surface area contributed by atoms with Crippen LogP contribution >= 0.6 is 11.3 Å². The monoisotopic (exact) mass is 257 g/mol. The van der Waals surface area contributed by atoms with Crippen molar-refractivity contribution in [3.8, 4) is 0 Å². The van der Waals surface area contributed by atoms with Crippen molar-refractivity contribution < 1.29 is 0 Å². The highest BCUT2D eigenvalue weighted by atomic mass is 32.1. The minimum absolute atomic E-state index is 0.168. The molecule has 1 unspecified atom stereocenters. The number of aryl methyl sites for hydroxylation is 1. The Morgan fingerprint density at radius 1 is 1.39 bits per heavy atom. The fraction of sp³-hybridized carbons (Fsp3) is 0.214. The summed E-state index contributed by atoms with van der Waals surface area (Å²) >= 11 is 1.77. The summed E-state index contributed by atoms with van der Waals surface area (Å²) in [6.45, 7) is 0.575. The molecular weight excluding hydrogens is 242 g/mol. The zero-order valence-corrected chi connectivity index (χ0v) is 11.0. The van der Waals surface area contributed by atoms with E-state index >= 15 is 0 Å². The Morgan fingerprint density at radius 3 is 2.94 bits per heavy atom. The number of imidazole rings is 1. The van der Waals surface area contributed by atoms with Crippen molar-refractivity contribution in [2.45, 2.75) is 5.92 Å². The molecule has 18 heavy (non-hydrogen) atoms. The van der Waals surface area contributed by atoms with Gasteiger partial charge in [-0.1, -0.05) is 18.2 Å². The van der Waals surface area contributed by atoms with Gasteiger partial charge < -0.3 is 10.3 Å². The van der Waals surface area contributed by atoms with Gasteiger partial charge in [-0.15, -0.1) is 11.3 Å². The molecule has 0 aliphatic rings. The van der Waals surface area contributed by atoms with Crippen molar-refractivity contribution in [1.29, 1.82) is 0 Å². The van der Waals surface area contributed by atoms with Gasteiger partial charge in [-0.2, -0.15) is 0 Å². The minimum atomic E-state index is 0.168. The molecule has 0 fully saturated rings. The molecule has 0 spiro atoms. The van der Waals surface area contributed by atoms with E-state index in [1.54, 1.807) is 11.3 Å². The Kier molecular flexibility index (Phi) is 2.89. The summed E-state index contributed by atoms with van der Waals surface area (Å²) in [5.41, 5.74) is 7.25. The van der Waals surface area contributed by atoms with Crippen LogP contribution in [0.1, 0.15) is 17.3 Å². The lowest BCUT2D eigenvalue weighted by Crippen LogP contribution is -2.17. The van der Waals surface area contributed by atoms with Crippen molar-refractivity contribution in [2.24, 2.45) is 12.8 Å². The molecule has 0 radical (unpaired) electrons. The highest BCUT2D eigenvalue weighted by Gasteiger charge is 2.19. The third-order valence-electron chi connectivity index (χ3n) is 3.29. The number of rotatable bonds is 3. The van der Waals surface area contributed by atoms with Gasteiger partial charge in [0.25, 0.3) is 0 Å². The lowest BCUT2D eigenvalue weighted by molar-refractivity contribution is 0.703. The molecule has 0 aliphatic heterocycles. The summed E-state index contributed by atoms with van der Waals surface area (Å²) in [5, 5.41) is 3.50. The number of nitrogens with two attached hydrogens (primary N) is 1. The molecule has 3 rings (SSSR count). The highest BCUT2D eigenvalue weighted by Crippen LogP contribution is 2.33. The number of benzene rings is 1. The van der Waals surface area contributed by atoms with Crippen molar-refractivity contribution in [3.05, 3.63) is 53.4 Å². The van der Waals surface area contributed by atoms with Gasteiger partial charge in [-0.3, -0.25) is 0 Å². The molecule has 2 heterocycles. The first-order valence-corrected chi connectivity index (χ1v) is 6.82. The van der Waals surface area contributed by atoms with Crippen LogP contribution in [-0.2, 0) is 7.05 Å². The molecule has 2 aromatic heterocycles. The first kappa shape index (κ1) is 11.4. The molecular formula is C14H15N3S. The maximum Gasteiger partial charge on any atom is 0.117 e.